The fourth-order valence-electron chi connectivity index (χ4n) is 2.34. The van der Waals surface area contributed by atoms with E-state index in [1.54, 1.807) is 0 Å². The zero-order valence-corrected chi connectivity index (χ0v) is 13.8. The lowest BCUT2D eigenvalue weighted by Gasteiger charge is -2.09. The Kier molecular flexibility index (Phi) is 4.92. The van der Waals surface area contributed by atoms with E-state index in [1.165, 1.54) is 6.07 Å². The molecule has 148 valence electrons. The van der Waals surface area contributed by atoms with E-state index < -0.39 is 29.0 Å². The van der Waals surface area contributed by atoms with Crippen LogP contribution in [-0.4, -0.2) is 15.0 Å². The van der Waals surface area contributed by atoms with Crippen LogP contribution in [0.3, 0.4) is 0 Å². The first-order valence-electron chi connectivity index (χ1n) is 7.67. The molecule has 0 bridgehead atoms. The van der Waals surface area contributed by atoms with Crippen LogP contribution in [0.2, 0.25) is 0 Å². The summed E-state index contributed by atoms with van der Waals surface area (Å²) >= 11 is 0. The van der Waals surface area contributed by atoms with E-state index in [9.17, 15) is 31.1 Å². The summed E-state index contributed by atoms with van der Waals surface area (Å²) in [5.74, 6) is -0.0540. The minimum Gasteiger partial charge on any atom is -0.474 e. The molecule has 0 spiro atoms. The standard InChI is InChI=1S/C17H11F6N3O2/c18-16(19,20)10-4-12(25-6-10)11-7-26-15(5-13(11)27)28-8-9-1-2-24-14(3-9)17(21,22)23/h1-7,25H,8H2,(H,26,27). The maximum Gasteiger partial charge on any atom is 0.433 e. The van der Waals surface area contributed by atoms with E-state index in [4.69, 9.17) is 4.74 Å². The van der Waals surface area contributed by atoms with Crippen molar-refractivity contribution in [3.63, 3.8) is 0 Å². The summed E-state index contributed by atoms with van der Waals surface area (Å²) in [5.41, 5.74) is -2.55. The predicted octanol–water partition coefficient (Wildman–Crippen LogP) is 4.38. The Hall–Kier alpha value is -3.24. The van der Waals surface area contributed by atoms with Gasteiger partial charge < -0.3 is 14.7 Å². The molecule has 3 aromatic rings. The Morgan fingerprint density at radius 1 is 0.964 bits per heavy atom. The average molecular weight is 403 g/mol. The summed E-state index contributed by atoms with van der Waals surface area (Å²) in [5, 5.41) is 0. The molecule has 0 radical (unpaired) electrons. The Bertz CT molecular complexity index is 1040. The Labute approximate surface area is 153 Å². The van der Waals surface area contributed by atoms with Gasteiger partial charge in [0.15, 0.2) is 11.3 Å². The summed E-state index contributed by atoms with van der Waals surface area (Å²) in [6.45, 7) is -0.276. The zero-order valence-electron chi connectivity index (χ0n) is 13.8. The molecule has 0 saturated heterocycles. The number of halogens is 6. The van der Waals surface area contributed by atoms with Gasteiger partial charge in [-0.1, -0.05) is 0 Å². The van der Waals surface area contributed by atoms with Gasteiger partial charge in [0.05, 0.1) is 16.8 Å². The molecule has 28 heavy (non-hydrogen) atoms. The molecule has 0 atom stereocenters. The maximum absolute atomic E-state index is 12.6. The predicted molar refractivity (Wildman–Crippen MR) is 85.4 cm³/mol. The zero-order chi connectivity index (χ0) is 20.5. The van der Waals surface area contributed by atoms with Crippen molar-refractivity contribution < 1.29 is 31.1 Å². The SMILES string of the molecule is O=c1cc(OCc2ccnc(C(F)(F)F)c2)[nH]cc1-c1cc(C(F)(F)F)c[nH]1. The second kappa shape index (κ2) is 7.06. The van der Waals surface area contributed by atoms with Crippen molar-refractivity contribution in [1.82, 2.24) is 15.0 Å². The summed E-state index contributed by atoms with van der Waals surface area (Å²) in [6, 6.07) is 3.92. The maximum atomic E-state index is 12.6. The minimum atomic E-state index is -4.60. The molecule has 3 aromatic heterocycles. The van der Waals surface area contributed by atoms with Crippen LogP contribution in [0.25, 0.3) is 11.3 Å². The lowest BCUT2D eigenvalue weighted by molar-refractivity contribution is -0.141. The smallest absolute Gasteiger partial charge is 0.433 e. The molecular formula is C17H11F6N3O2. The first-order valence-corrected chi connectivity index (χ1v) is 7.67. The first-order chi connectivity index (χ1) is 13.0. The molecule has 0 aliphatic carbocycles. The molecule has 5 nitrogen and oxygen atoms in total. The second-order valence-corrected chi connectivity index (χ2v) is 5.71. The van der Waals surface area contributed by atoms with Crippen LogP contribution in [0, 0.1) is 0 Å². The quantitative estimate of drug-likeness (QED) is 0.635. The summed E-state index contributed by atoms with van der Waals surface area (Å²) in [7, 11) is 0. The van der Waals surface area contributed by atoms with E-state index >= 15 is 0 Å². The summed E-state index contributed by atoms with van der Waals surface area (Å²) < 4.78 is 81.1. The first kappa shape index (κ1) is 19.5. The number of nitrogens with one attached hydrogen (secondary N) is 2. The molecule has 0 fully saturated rings. The molecule has 0 aromatic carbocycles. The van der Waals surface area contributed by atoms with Crippen molar-refractivity contribution in [3.05, 3.63) is 69.9 Å². The number of alkyl halides is 6. The van der Waals surface area contributed by atoms with Crippen molar-refractivity contribution in [3.8, 4) is 17.1 Å². The lowest BCUT2D eigenvalue weighted by Crippen LogP contribution is -2.10. The number of rotatable bonds is 4. The molecular weight excluding hydrogens is 392 g/mol. The fourth-order valence-corrected chi connectivity index (χ4v) is 2.34. The van der Waals surface area contributed by atoms with Gasteiger partial charge in [-0.15, -0.1) is 0 Å². The molecule has 3 rings (SSSR count). The Balaban J connectivity index is 1.75. The van der Waals surface area contributed by atoms with Crippen molar-refractivity contribution in [2.45, 2.75) is 19.0 Å². The van der Waals surface area contributed by atoms with Crippen molar-refractivity contribution in [2.75, 3.05) is 0 Å². The summed E-state index contributed by atoms with van der Waals surface area (Å²) in [4.78, 5) is 20.3. The van der Waals surface area contributed by atoms with Gasteiger partial charge in [-0.2, -0.15) is 26.3 Å². The van der Waals surface area contributed by atoms with Crippen LogP contribution in [0.5, 0.6) is 5.88 Å². The van der Waals surface area contributed by atoms with Crippen molar-refractivity contribution in [2.24, 2.45) is 0 Å². The van der Waals surface area contributed by atoms with E-state index in [-0.39, 0.29) is 29.3 Å². The molecule has 0 saturated carbocycles. The van der Waals surface area contributed by atoms with Crippen LogP contribution in [0.4, 0.5) is 26.3 Å². The number of aromatic nitrogens is 3. The average Bonchev–Trinajstić information content (AvgIpc) is 3.10. The summed E-state index contributed by atoms with van der Waals surface area (Å²) in [6.07, 6.45) is -6.28. The highest BCUT2D eigenvalue weighted by atomic mass is 19.4. The number of hydrogen-bond donors (Lipinski definition) is 2. The fraction of sp³-hybridized carbons (Fsp3) is 0.176. The Morgan fingerprint density at radius 2 is 1.71 bits per heavy atom. The van der Waals surface area contributed by atoms with E-state index in [0.717, 1.165) is 36.8 Å². The van der Waals surface area contributed by atoms with Crippen LogP contribution >= 0.6 is 0 Å². The number of pyridine rings is 2. The van der Waals surface area contributed by atoms with Gasteiger partial charge in [-0.3, -0.25) is 9.78 Å². The van der Waals surface area contributed by atoms with Gasteiger partial charge in [0.2, 0.25) is 0 Å². The third-order valence-corrected chi connectivity index (χ3v) is 3.70. The van der Waals surface area contributed by atoms with Crippen LogP contribution in [0.15, 0.2) is 47.7 Å². The number of nitrogens with zero attached hydrogens (tertiary/aromatic N) is 1. The van der Waals surface area contributed by atoms with Crippen molar-refractivity contribution in [1.29, 1.82) is 0 Å². The van der Waals surface area contributed by atoms with E-state index in [1.807, 2.05) is 0 Å². The molecule has 0 unspecified atom stereocenters. The van der Waals surface area contributed by atoms with Crippen LogP contribution < -0.4 is 10.2 Å². The van der Waals surface area contributed by atoms with Crippen LogP contribution in [0.1, 0.15) is 16.8 Å². The topological polar surface area (TPSA) is 70.8 Å². The third kappa shape index (κ3) is 4.35. The van der Waals surface area contributed by atoms with Gasteiger partial charge in [0, 0.05) is 24.7 Å². The number of hydrogen-bond acceptors (Lipinski definition) is 3. The van der Waals surface area contributed by atoms with E-state index in [2.05, 4.69) is 15.0 Å². The van der Waals surface area contributed by atoms with Gasteiger partial charge >= 0.3 is 12.4 Å². The normalized spacial score (nSPS) is 12.2. The van der Waals surface area contributed by atoms with Crippen LogP contribution in [-0.2, 0) is 19.0 Å². The highest BCUT2D eigenvalue weighted by Crippen LogP contribution is 2.31. The molecule has 11 heteroatoms. The minimum absolute atomic E-state index is 0.0379. The number of aromatic amines is 2. The van der Waals surface area contributed by atoms with Gasteiger partial charge in [0.1, 0.15) is 12.3 Å². The monoisotopic (exact) mass is 403 g/mol. The highest BCUT2D eigenvalue weighted by molar-refractivity contribution is 5.59. The third-order valence-electron chi connectivity index (χ3n) is 3.70. The Morgan fingerprint density at radius 3 is 2.32 bits per heavy atom. The molecule has 2 N–H and O–H groups in total. The van der Waals surface area contributed by atoms with Gasteiger partial charge in [0.25, 0.3) is 0 Å². The molecule has 0 amide bonds. The molecule has 3 heterocycles. The van der Waals surface area contributed by atoms with E-state index in [0.29, 0.717) is 0 Å². The highest BCUT2D eigenvalue weighted by Gasteiger charge is 2.33. The van der Waals surface area contributed by atoms with Crippen molar-refractivity contribution >= 4 is 0 Å². The lowest BCUT2D eigenvalue weighted by atomic mass is 10.2. The number of H-pyrrole nitrogens is 2. The molecule has 0 aliphatic heterocycles. The second-order valence-electron chi connectivity index (χ2n) is 5.71. The van der Waals surface area contributed by atoms with Gasteiger partial charge in [-0.25, -0.2) is 0 Å². The molecule has 0 aliphatic rings. The van der Waals surface area contributed by atoms with Gasteiger partial charge in [-0.05, 0) is 23.8 Å². The largest absolute Gasteiger partial charge is 0.474 e. The number of ether oxygens (including phenoxy) is 1.